The van der Waals surface area contributed by atoms with Crippen molar-refractivity contribution in [2.75, 3.05) is 13.7 Å². The number of nitrogens with zero attached hydrogens (tertiary/aromatic N) is 4. The summed E-state index contributed by atoms with van der Waals surface area (Å²) in [6.07, 6.45) is 0. The van der Waals surface area contributed by atoms with Crippen LogP contribution >= 0.6 is 0 Å². The van der Waals surface area contributed by atoms with Crippen LogP contribution in [0.4, 0.5) is 0 Å². The van der Waals surface area contributed by atoms with Gasteiger partial charge in [-0.25, -0.2) is 12.7 Å². The summed E-state index contributed by atoms with van der Waals surface area (Å²) in [5.74, 6) is -2.10. The maximum absolute atomic E-state index is 12.3. The first kappa shape index (κ1) is 22.0. The third kappa shape index (κ3) is 4.58. The number of nitrogens with one attached hydrogen (secondary N) is 1. The Bertz CT molecular complexity index is 813. The molecule has 1 N–H and O–H groups in total. The maximum Gasteiger partial charge on any atom is 1.00 e. The number of carbonyl (C=O) groups is 2. The van der Waals surface area contributed by atoms with Crippen molar-refractivity contribution in [3.8, 4) is 0 Å². The van der Waals surface area contributed by atoms with E-state index in [-0.39, 0.29) is 55.7 Å². The van der Waals surface area contributed by atoms with Crippen LogP contribution in [-0.4, -0.2) is 48.5 Å². The van der Waals surface area contributed by atoms with Crippen LogP contribution < -0.4 is 56.7 Å². The summed E-state index contributed by atoms with van der Waals surface area (Å²) >= 11 is 0. The Morgan fingerprint density at radius 1 is 1.48 bits per heavy atom. The number of carbonyl (C=O) groups excluding carboxylic acids is 2. The van der Waals surface area contributed by atoms with Gasteiger partial charge in [0.2, 0.25) is 11.6 Å². The van der Waals surface area contributed by atoms with Crippen LogP contribution in [0.2, 0.25) is 0 Å². The van der Waals surface area contributed by atoms with Crippen molar-refractivity contribution >= 4 is 22.1 Å². The number of ether oxygens (including phenoxy) is 1. The molecule has 0 radical (unpaired) electrons. The Kier molecular flexibility index (Phi) is 7.55. The summed E-state index contributed by atoms with van der Waals surface area (Å²) in [6.45, 7) is -0.669. The second kappa shape index (κ2) is 8.57. The Labute approximate surface area is 185 Å². The maximum atomic E-state index is 12.3. The number of amides is 2. The molecule has 0 saturated carbocycles. The second-order valence-corrected chi connectivity index (χ2v) is 6.10. The van der Waals surface area contributed by atoms with E-state index in [9.17, 15) is 22.6 Å². The van der Waals surface area contributed by atoms with E-state index < -0.39 is 40.4 Å². The molecule has 1 aliphatic heterocycles. The third-order valence-electron chi connectivity index (χ3n) is 3.41. The van der Waals surface area contributed by atoms with Crippen LogP contribution in [0.25, 0.3) is 10.4 Å². The zero-order valence-corrected chi connectivity index (χ0v) is 17.3. The predicted octanol–water partition coefficient (Wildman–Crippen LogP) is -3.20. The van der Waals surface area contributed by atoms with Gasteiger partial charge in [0.1, 0.15) is 6.04 Å². The normalized spacial score (nSPS) is 20.6. The van der Waals surface area contributed by atoms with E-state index in [2.05, 4.69) is 15.3 Å². The molecule has 2 amide bonds. The quantitative estimate of drug-likeness (QED) is 0.102. The largest absolute Gasteiger partial charge is 1.00 e. The molecule has 1 aromatic carbocycles. The van der Waals surface area contributed by atoms with Gasteiger partial charge in [0.15, 0.2) is 10.3 Å². The van der Waals surface area contributed by atoms with Gasteiger partial charge >= 0.3 is 51.4 Å². The molecule has 11 nitrogen and oxygen atoms in total. The van der Waals surface area contributed by atoms with Crippen molar-refractivity contribution in [3.63, 3.8) is 0 Å². The summed E-state index contributed by atoms with van der Waals surface area (Å²) in [5, 5.41) is 5.57. The Balaban J connectivity index is 0.00000312. The second-order valence-electron chi connectivity index (χ2n) is 4.81. The first-order chi connectivity index (χ1) is 11.2. The molecular formula is C12H12KN5O6S. The van der Waals surface area contributed by atoms with Gasteiger partial charge in [-0.05, 0) is 11.1 Å². The monoisotopic (exact) mass is 393 g/mol. The molecule has 0 spiro atoms. The van der Waals surface area contributed by atoms with Gasteiger partial charge in [0, 0.05) is 12.0 Å². The van der Waals surface area contributed by atoms with Crippen LogP contribution in [0.1, 0.15) is 11.6 Å². The van der Waals surface area contributed by atoms with Gasteiger partial charge in [-0.2, -0.15) is 0 Å². The smallest absolute Gasteiger partial charge is 0.731 e. The number of azide groups is 1. The molecule has 2 atom stereocenters. The fourth-order valence-corrected chi connectivity index (χ4v) is 2.84. The molecule has 2 rings (SSSR count). The molecular weight excluding hydrogens is 381 g/mol. The number of hydrogen-bond acceptors (Lipinski definition) is 7. The summed E-state index contributed by atoms with van der Waals surface area (Å²) in [6, 6.07) is 6.71. The van der Waals surface area contributed by atoms with E-state index in [4.69, 9.17) is 10.3 Å². The minimum absolute atomic E-state index is 0. The molecule has 25 heavy (non-hydrogen) atoms. The predicted molar refractivity (Wildman–Crippen MR) is 77.6 cm³/mol. The molecule has 1 aromatic rings. The van der Waals surface area contributed by atoms with Gasteiger partial charge in [-0.3, -0.25) is 9.59 Å². The van der Waals surface area contributed by atoms with Crippen LogP contribution in [0.5, 0.6) is 0 Å². The first-order valence-electron chi connectivity index (χ1n) is 6.49. The molecule has 0 bridgehead atoms. The molecule has 1 saturated heterocycles. The summed E-state index contributed by atoms with van der Waals surface area (Å²) in [7, 11) is -3.93. The molecule has 0 aromatic heterocycles. The van der Waals surface area contributed by atoms with E-state index in [1.54, 1.807) is 18.2 Å². The third-order valence-corrected chi connectivity index (χ3v) is 4.25. The number of benzene rings is 1. The minimum Gasteiger partial charge on any atom is -0.731 e. The van der Waals surface area contributed by atoms with Crippen LogP contribution in [0.15, 0.2) is 35.4 Å². The SMILES string of the molecule is COC1(NC(=O)C(N=[N+]=[N-])c2ccccc2)CN(S(=O)(=O)[O-])C1=O.[K+]. The van der Waals surface area contributed by atoms with Crippen LogP contribution in [-0.2, 0) is 24.6 Å². The number of methoxy groups -OCH3 is 1. The van der Waals surface area contributed by atoms with Gasteiger partial charge in [-0.1, -0.05) is 35.4 Å². The molecule has 2 unspecified atom stereocenters. The average molecular weight is 393 g/mol. The first-order valence-corrected chi connectivity index (χ1v) is 7.86. The molecule has 13 heteroatoms. The van der Waals surface area contributed by atoms with E-state index in [1.165, 1.54) is 12.1 Å². The number of rotatable bonds is 6. The average Bonchev–Trinajstić information content (AvgIpc) is 2.55. The fraction of sp³-hybridized carbons (Fsp3) is 0.333. The van der Waals surface area contributed by atoms with Gasteiger partial charge in [-0.15, -0.1) is 0 Å². The molecule has 128 valence electrons. The summed E-state index contributed by atoms with van der Waals surface area (Å²) < 4.78 is 37.6. The Hall–Kier alpha value is -1.02. The van der Waals surface area contributed by atoms with Crippen molar-refractivity contribution < 1.29 is 78.7 Å². The van der Waals surface area contributed by atoms with Crippen molar-refractivity contribution in [2.45, 2.75) is 11.8 Å². The zero-order chi connectivity index (χ0) is 18.0. The Morgan fingerprint density at radius 3 is 2.52 bits per heavy atom. The molecule has 0 aliphatic carbocycles. The van der Waals surface area contributed by atoms with Crippen LogP contribution in [0, 0.1) is 0 Å². The van der Waals surface area contributed by atoms with Crippen molar-refractivity contribution in [2.24, 2.45) is 5.11 Å². The molecule has 1 heterocycles. The van der Waals surface area contributed by atoms with Gasteiger partial charge < -0.3 is 14.6 Å². The minimum atomic E-state index is -4.99. The summed E-state index contributed by atoms with van der Waals surface area (Å²) in [4.78, 5) is 26.9. The molecule has 1 aliphatic rings. The van der Waals surface area contributed by atoms with E-state index in [0.717, 1.165) is 7.11 Å². The van der Waals surface area contributed by atoms with Gasteiger partial charge in [0.05, 0.1) is 6.54 Å². The van der Waals surface area contributed by atoms with Crippen molar-refractivity contribution in [1.82, 2.24) is 9.62 Å². The van der Waals surface area contributed by atoms with E-state index >= 15 is 0 Å². The fourth-order valence-electron chi connectivity index (χ4n) is 2.15. The van der Waals surface area contributed by atoms with Gasteiger partial charge in [0.25, 0.3) is 5.91 Å². The van der Waals surface area contributed by atoms with Crippen LogP contribution in [0.3, 0.4) is 0 Å². The van der Waals surface area contributed by atoms with E-state index in [1.807, 2.05) is 0 Å². The zero-order valence-electron chi connectivity index (χ0n) is 13.3. The Morgan fingerprint density at radius 2 is 2.08 bits per heavy atom. The summed E-state index contributed by atoms with van der Waals surface area (Å²) in [5.41, 5.74) is 6.99. The topological polar surface area (TPSA) is 165 Å². The van der Waals surface area contributed by atoms with Crippen molar-refractivity contribution in [1.29, 1.82) is 0 Å². The standard InChI is InChI=1S/C12H13N5O6S.K/c1-23-12(7-17(11(12)19)24(20,21)22)14-10(18)9(15-16-13)8-5-3-2-4-6-8;/h2-6,9H,7H2,1H3,(H,14,18)(H,20,21,22);/q;+1/p-1. The molecule has 1 fully saturated rings. The number of hydrogen-bond donors (Lipinski definition) is 1. The van der Waals surface area contributed by atoms with Crippen molar-refractivity contribution in [3.05, 3.63) is 46.3 Å². The number of β-lactam (4-membered cyclic amide) rings is 1. The van der Waals surface area contributed by atoms with E-state index in [0.29, 0.717) is 5.56 Å².